The quantitative estimate of drug-likeness (QED) is 0.545. The molecule has 0 atom stereocenters. The Hall–Kier alpha value is -2.05. The number of halogens is 1. The van der Waals surface area contributed by atoms with Gasteiger partial charge in [0.2, 0.25) is 0 Å². The first-order valence-electron chi connectivity index (χ1n) is 8.01. The molecule has 0 aliphatic carbocycles. The number of para-hydroxylation sites is 1. The highest BCUT2D eigenvalue weighted by molar-refractivity contribution is 6.02. The zero-order valence-corrected chi connectivity index (χ0v) is 14.3. The van der Waals surface area contributed by atoms with Crippen LogP contribution in [0.3, 0.4) is 0 Å². The molecule has 0 spiro atoms. The monoisotopic (exact) mass is 350 g/mol. The van der Waals surface area contributed by atoms with E-state index in [0.717, 1.165) is 30.5 Å². The molecule has 1 aromatic carbocycles. The second-order valence-corrected chi connectivity index (χ2v) is 5.71. The van der Waals surface area contributed by atoms with Crippen molar-refractivity contribution in [2.24, 2.45) is 0 Å². The molecule has 1 amide bonds. The third-order valence-electron chi connectivity index (χ3n) is 4.23. The number of rotatable bonds is 5. The number of pyridine rings is 1. The van der Waals surface area contributed by atoms with Crippen LogP contribution in [0.15, 0.2) is 23.0 Å². The van der Waals surface area contributed by atoms with Gasteiger partial charge in [-0.25, -0.2) is 0 Å². The fourth-order valence-electron chi connectivity index (χ4n) is 3.15. The maximum Gasteiger partial charge on any atom is 0.267 e. The summed E-state index contributed by atoms with van der Waals surface area (Å²) in [7, 11) is 0. The van der Waals surface area contributed by atoms with Gasteiger partial charge in [0.25, 0.3) is 11.5 Å². The summed E-state index contributed by atoms with van der Waals surface area (Å²) in [6.07, 6.45) is 1.74. The molecule has 1 aromatic heterocycles. The number of nitrogens with one attached hydrogen (secondary N) is 2. The van der Waals surface area contributed by atoms with Gasteiger partial charge in [-0.15, -0.1) is 0 Å². The maximum atomic E-state index is 12.7. The summed E-state index contributed by atoms with van der Waals surface area (Å²) in [4.78, 5) is 25.0. The topological polar surface area (TPSA) is 83.4 Å². The summed E-state index contributed by atoms with van der Waals surface area (Å²) in [6, 6.07) is 5.57. The predicted molar refractivity (Wildman–Crippen MR) is 89.1 cm³/mol. The second-order valence-electron chi connectivity index (χ2n) is 5.71. The van der Waals surface area contributed by atoms with Crippen molar-refractivity contribution in [3.05, 3.63) is 39.7 Å². The van der Waals surface area contributed by atoms with Crippen molar-refractivity contribution in [2.45, 2.75) is 26.3 Å². The van der Waals surface area contributed by atoms with E-state index in [1.165, 1.54) is 0 Å². The number of nitrogens with zero attached hydrogens (tertiary/aromatic N) is 1. The van der Waals surface area contributed by atoms with Crippen LogP contribution in [0.1, 0.15) is 29.3 Å². The fourth-order valence-corrected chi connectivity index (χ4v) is 3.15. The smallest absolute Gasteiger partial charge is 0.267 e. The summed E-state index contributed by atoms with van der Waals surface area (Å²) in [5.74, 6) is -0.738. The summed E-state index contributed by atoms with van der Waals surface area (Å²) in [6.45, 7) is 4.39. The van der Waals surface area contributed by atoms with E-state index < -0.39 is 11.5 Å². The number of likely N-dealkylation sites (N-methyl/N-ethyl adjacent to an activating group) is 1. The minimum absolute atomic E-state index is 0. The Balaban J connectivity index is 0.00000208. The SMILES string of the molecule is CCNCCNC(=O)c1c(O)c2cccc3c2n(c1=O)CCC3.[Cl-]. The molecule has 130 valence electrons. The van der Waals surface area contributed by atoms with Gasteiger partial charge < -0.3 is 32.7 Å². The predicted octanol–water partition coefficient (Wildman–Crippen LogP) is -2.00. The highest BCUT2D eigenvalue weighted by Crippen LogP contribution is 2.31. The van der Waals surface area contributed by atoms with E-state index >= 15 is 0 Å². The molecule has 2 aromatic rings. The first-order valence-corrected chi connectivity index (χ1v) is 8.01. The van der Waals surface area contributed by atoms with Gasteiger partial charge in [-0.1, -0.05) is 19.1 Å². The molecule has 0 fully saturated rings. The average Bonchev–Trinajstić information content (AvgIpc) is 2.56. The molecule has 6 nitrogen and oxygen atoms in total. The molecule has 0 unspecified atom stereocenters. The van der Waals surface area contributed by atoms with Crippen LogP contribution in [0.4, 0.5) is 0 Å². The summed E-state index contributed by atoms with van der Waals surface area (Å²) in [5, 5.41) is 16.8. The average molecular weight is 351 g/mol. The lowest BCUT2D eigenvalue weighted by atomic mass is 9.99. The van der Waals surface area contributed by atoms with Gasteiger partial charge in [-0.2, -0.15) is 0 Å². The number of hydrogen-bond acceptors (Lipinski definition) is 4. The molecule has 1 aliphatic heterocycles. The van der Waals surface area contributed by atoms with Gasteiger partial charge >= 0.3 is 0 Å². The number of hydrogen-bond donors (Lipinski definition) is 3. The molecular formula is C17H21ClN3O3-. The third kappa shape index (κ3) is 3.12. The number of carbonyl (C=O) groups is 1. The van der Waals surface area contributed by atoms with Gasteiger partial charge in [0, 0.05) is 25.0 Å². The normalized spacial score (nSPS) is 12.7. The summed E-state index contributed by atoms with van der Waals surface area (Å²) < 4.78 is 1.62. The van der Waals surface area contributed by atoms with Crippen molar-refractivity contribution in [1.29, 1.82) is 0 Å². The van der Waals surface area contributed by atoms with Crippen LogP contribution in [0, 0.1) is 0 Å². The lowest BCUT2D eigenvalue weighted by molar-refractivity contribution is -0.0000145. The first kappa shape index (κ1) is 18.3. The Morgan fingerprint density at radius 1 is 1.33 bits per heavy atom. The minimum atomic E-state index is -0.521. The lowest BCUT2D eigenvalue weighted by Gasteiger charge is -2.21. The maximum absolute atomic E-state index is 12.7. The van der Waals surface area contributed by atoms with E-state index in [9.17, 15) is 14.7 Å². The number of benzene rings is 1. The van der Waals surface area contributed by atoms with Crippen LogP contribution in [-0.2, 0) is 13.0 Å². The number of aryl methyl sites for hydroxylation is 2. The van der Waals surface area contributed by atoms with Crippen molar-refractivity contribution in [3.8, 4) is 5.75 Å². The Kier molecular flexibility index (Phi) is 5.85. The van der Waals surface area contributed by atoms with Crippen molar-refractivity contribution < 1.29 is 22.3 Å². The van der Waals surface area contributed by atoms with Crippen LogP contribution in [0.5, 0.6) is 5.75 Å². The van der Waals surface area contributed by atoms with Gasteiger partial charge in [0.05, 0.1) is 5.52 Å². The van der Waals surface area contributed by atoms with Crippen LogP contribution in [0.25, 0.3) is 10.9 Å². The van der Waals surface area contributed by atoms with Crippen molar-refractivity contribution in [2.75, 3.05) is 19.6 Å². The summed E-state index contributed by atoms with van der Waals surface area (Å²) in [5.41, 5.74) is 1.22. The molecule has 7 heteroatoms. The Labute approximate surface area is 146 Å². The highest BCUT2D eigenvalue weighted by atomic mass is 35.5. The molecule has 3 N–H and O–H groups in total. The van der Waals surface area contributed by atoms with Crippen molar-refractivity contribution >= 4 is 16.8 Å². The van der Waals surface area contributed by atoms with Gasteiger partial charge in [-0.05, 0) is 31.0 Å². The van der Waals surface area contributed by atoms with Gasteiger partial charge in [0.15, 0.2) is 0 Å². The molecule has 0 saturated heterocycles. The number of carbonyl (C=O) groups excluding carboxylic acids is 1. The fraction of sp³-hybridized carbons (Fsp3) is 0.412. The minimum Gasteiger partial charge on any atom is -1.00 e. The highest BCUT2D eigenvalue weighted by Gasteiger charge is 2.24. The molecule has 0 saturated carbocycles. The zero-order chi connectivity index (χ0) is 16.4. The van der Waals surface area contributed by atoms with E-state index in [1.807, 2.05) is 19.1 Å². The van der Waals surface area contributed by atoms with E-state index in [0.29, 0.717) is 25.0 Å². The van der Waals surface area contributed by atoms with Gasteiger partial charge in [-0.3, -0.25) is 9.59 Å². The molecule has 3 rings (SSSR count). The van der Waals surface area contributed by atoms with Crippen LogP contribution in [0.2, 0.25) is 0 Å². The largest absolute Gasteiger partial charge is 1.00 e. The van der Waals surface area contributed by atoms with E-state index in [4.69, 9.17) is 0 Å². The summed E-state index contributed by atoms with van der Waals surface area (Å²) >= 11 is 0. The molecule has 1 aliphatic rings. The van der Waals surface area contributed by atoms with Crippen LogP contribution < -0.4 is 28.6 Å². The Bertz CT molecular complexity index is 817. The van der Waals surface area contributed by atoms with Crippen LogP contribution in [-0.4, -0.2) is 35.2 Å². The van der Waals surface area contributed by atoms with Gasteiger partial charge in [0.1, 0.15) is 11.3 Å². The standard InChI is InChI=1S/C17H21N3O3.ClH/c1-2-18-8-9-19-16(22)13-15(21)12-7-3-5-11-6-4-10-20(14(11)12)17(13)23;/h3,5,7,18,21H,2,4,6,8-10H2,1H3,(H,19,22);1H/p-1. The molecule has 0 radical (unpaired) electrons. The Morgan fingerprint density at radius 3 is 2.88 bits per heavy atom. The number of aromatic nitrogens is 1. The van der Waals surface area contributed by atoms with Crippen molar-refractivity contribution in [1.82, 2.24) is 15.2 Å². The van der Waals surface area contributed by atoms with E-state index in [1.54, 1.807) is 10.6 Å². The first-order chi connectivity index (χ1) is 11.1. The zero-order valence-electron chi connectivity index (χ0n) is 13.6. The van der Waals surface area contributed by atoms with Crippen LogP contribution >= 0.6 is 0 Å². The molecular weight excluding hydrogens is 330 g/mol. The molecule has 2 heterocycles. The third-order valence-corrected chi connectivity index (χ3v) is 4.23. The molecule has 0 bridgehead atoms. The van der Waals surface area contributed by atoms with Crippen molar-refractivity contribution in [3.63, 3.8) is 0 Å². The number of amides is 1. The molecule has 24 heavy (non-hydrogen) atoms. The lowest BCUT2D eigenvalue weighted by Crippen LogP contribution is -3.00. The second kappa shape index (κ2) is 7.68. The van der Waals surface area contributed by atoms with E-state index in [-0.39, 0.29) is 23.7 Å². The Morgan fingerprint density at radius 2 is 2.12 bits per heavy atom. The number of aromatic hydroxyl groups is 1. The van der Waals surface area contributed by atoms with E-state index in [2.05, 4.69) is 10.6 Å².